The Morgan fingerprint density at radius 2 is 1.81 bits per heavy atom. The lowest BCUT2D eigenvalue weighted by atomic mass is 9.99. The van der Waals surface area contributed by atoms with Gasteiger partial charge < -0.3 is 10.5 Å². The Bertz CT molecular complexity index is 384. The molecule has 2 fully saturated rings. The van der Waals surface area contributed by atoms with Crippen LogP contribution in [0.15, 0.2) is 6.07 Å². The Kier molecular flexibility index (Phi) is 2.52. The van der Waals surface area contributed by atoms with Crippen LogP contribution < -0.4 is 5.73 Å². The smallest absolute Gasteiger partial charge is 0.134 e. The van der Waals surface area contributed by atoms with E-state index >= 15 is 0 Å². The van der Waals surface area contributed by atoms with Gasteiger partial charge in [-0.25, -0.2) is 9.97 Å². The van der Waals surface area contributed by atoms with Gasteiger partial charge in [-0.2, -0.15) is 0 Å². The van der Waals surface area contributed by atoms with Crippen LogP contribution in [-0.4, -0.2) is 23.2 Å². The molecule has 3 rings (SSSR count). The average molecular weight is 219 g/mol. The number of nitrogens with two attached hydrogens (primary N) is 1. The zero-order chi connectivity index (χ0) is 11.0. The number of nitrogen functional groups attached to an aromatic ring is 1. The summed E-state index contributed by atoms with van der Waals surface area (Å²) in [5.74, 6) is 2.64. The van der Waals surface area contributed by atoms with Crippen LogP contribution in [0.4, 0.5) is 5.82 Å². The number of aromatic nitrogens is 2. The van der Waals surface area contributed by atoms with Gasteiger partial charge in [0.15, 0.2) is 0 Å². The molecule has 16 heavy (non-hydrogen) atoms. The van der Waals surface area contributed by atoms with Gasteiger partial charge in [-0.15, -0.1) is 0 Å². The van der Waals surface area contributed by atoms with E-state index in [2.05, 4.69) is 9.97 Å². The van der Waals surface area contributed by atoms with Crippen LogP contribution in [0.2, 0.25) is 0 Å². The maximum Gasteiger partial charge on any atom is 0.134 e. The first-order valence-corrected chi connectivity index (χ1v) is 6.05. The molecule has 4 nitrogen and oxygen atoms in total. The number of anilines is 1. The Morgan fingerprint density at radius 3 is 2.50 bits per heavy atom. The summed E-state index contributed by atoms with van der Waals surface area (Å²) in [7, 11) is 0. The van der Waals surface area contributed by atoms with E-state index in [1.54, 1.807) is 0 Å². The van der Waals surface area contributed by atoms with E-state index in [4.69, 9.17) is 10.5 Å². The van der Waals surface area contributed by atoms with Crippen LogP contribution in [0.1, 0.15) is 49.0 Å². The standard InChI is InChI=1S/C12H17N3O/c13-11-7-10(8-1-2-8)14-12(15-11)9-3-5-16-6-4-9/h7-9H,1-6H2,(H2,13,14,15). The second-order valence-electron chi connectivity index (χ2n) is 4.74. The Balaban J connectivity index is 1.86. The molecule has 1 aliphatic carbocycles. The molecule has 0 unspecified atom stereocenters. The normalized spacial score (nSPS) is 22.2. The third-order valence-corrected chi connectivity index (χ3v) is 3.37. The summed E-state index contributed by atoms with van der Waals surface area (Å²) in [6.45, 7) is 1.64. The molecule has 0 aromatic carbocycles. The lowest BCUT2D eigenvalue weighted by Gasteiger charge is -2.21. The van der Waals surface area contributed by atoms with Crippen molar-refractivity contribution in [1.29, 1.82) is 0 Å². The Morgan fingerprint density at radius 1 is 1.06 bits per heavy atom. The summed E-state index contributed by atoms with van der Waals surface area (Å²) >= 11 is 0. The van der Waals surface area contributed by atoms with Crippen molar-refractivity contribution in [2.45, 2.75) is 37.5 Å². The number of nitrogens with zero attached hydrogens (tertiary/aromatic N) is 2. The molecule has 1 aliphatic heterocycles. The number of ether oxygens (including phenoxy) is 1. The first-order chi connectivity index (χ1) is 7.83. The predicted molar refractivity (Wildman–Crippen MR) is 61.2 cm³/mol. The molecule has 1 saturated carbocycles. The zero-order valence-corrected chi connectivity index (χ0v) is 9.35. The lowest BCUT2D eigenvalue weighted by molar-refractivity contribution is 0.0835. The third-order valence-electron chi connectivity index (χ3n) is 3.37. The molecular weight excluding hydrogens is 202 g/mol. The maximum atomic E-state index is 5.85. The Hall–Kier alpha value is -1.16. The van der Waals surface area contributed by atoms with Gasteiger partial charge in [0.2, 0.25) is 0 Å². The largest absolute Gasteiger partial charge is 0.384 e. The highest BCUT2D eigenvalue weighted by Gasteiger charge is 2.27. The third kappa shape index (κ3) is 2.02. The molecule has 2 aliphatic rings. The molecule has 86 valence electrons. The molecule has 0 spiro atoms. The SMILES string of the molecule is Nc1cc(C2CC2)nc(C2CCOCC2)n1. The second-order valence-corrected chi connectivity index (χ2v) is 4.74. The van der Waals surface area contributed by atoms with Crippen LogP contribution >= 0.6 is 0 Å². The first-order valence-electron chi connectivity index (χ1n) is 6.05. The number of rotatable bonds is 2. The summed E-state index contributed by atoms with van der Waals surface area (Å²) in [5.41, 5.74) is 7.00. The van der Waals surface area contributed by atoms with Crippen molar-refractivity contribution in [2.75, 3.05) is 18.9 Å². The van der Waals surface area contributed by atoms with E-state index in [9.17, 15) is 0 Å². The van der Waals surface area contributed by atoms with Crippen LogP contribution in [-0.2, 0) is 4.74 Å². The first kappa shape index (κ1) is 10.0. The number of hydrogen-bond acceptors (Lipinski definition) is 4. The van der Waals surface area contributed by atoms with E-state index in [0.717, 1.165) is 37.6 Å². The van der Waals surface area contributed by atoms with Gasteiger partial charge >= 0.3 is 0 Å². The fourth-order valence-electron chi connectivity index (χ4n) is 2.23. The highest BCUT2D eigenvalue weighted by molar-refractivity contribution is 5.33. The molecule has 4 heteroatoms. The minimum absolute atomic E-state index is 0.440. The van der Waals surface area contributed by atoms with Crippen LogP contribution in [0.3, 0.4) is 0 Å². The van der Waals surface area contributed by atoms with Crippen molar-refractivity contribution in [1.82, 2.24) is 9.97 Å². The highest BCUT2D eigenvalue weighted by Crippen LogP contribution is 2.40. The fourth-order valence-corrected chi connectivity index (χ4v) is 2.23. The zero-order valence-electron chi connectivity index (χ0n) is 9.35. The van der Waals surface area contributed by atoms with Gasteiger partial charge in [0.05, 0.1) is 0 Å². The molecule has 1 aromatic rings. The fraction of sp³-hybridized carbons (Fsp3) is 0.667. The van der Waals surface area contributed by atoms with E-state index in [1.165, 1.54) is 12.8 Å². The Labute approximate surface area is 95.2 Å². The van der Waals surface area contributed by atoms with E-state index in [0.29, 0.717) is 17.7 Å². The van der Waals surface area contributed by atoms with Gasteiger partial charge in [-0.05, 0) is 25.7 Å². The summed E-state index contributed by atoms with van der Waals surface area (Å²) in [4.78, 5) is 9.05. The average Bonchev–Trinajstić information content (AvgIpc) is 3.13. The summed E-state index contributed by atoms with van der Waals surface area (Å²) in [5, 5.41) is 0. The lowest BCUT2D eigenvalue weighted by Crippen LogP contribution is -2.17. The molecule has 1 saturated heterocycles. The summed E-state index contributed by atoms with van der Waals surface area (Å²) in [6.07, 6.45) is 4.55. The quantitative estimate of drug-likeness (QED) is 0.824. The molecule has 0 amide bonds. The van der Waals surface area contributed by atoms with Crippen molar-refractivity contribution in [3.8, 4) is 0 Å². The van der Waals surface area contributed by atoms with Gasteiger partial charge in [-0.1, -0.05) is 0 Å². The molecule has 0 bridgehead atoms. The molecule has 0 radical (unpaired) electrons. The highest BCUT2D eigenvalue weighted by atomic mass is 16.5. The van der Waals surface area contributed by atoms with Crippen LogP contribution in [0.5, 0.6) is 0 Å². The topological polar surface area (TPSA) is 61.0 Å². The van der Waals surface area contributed by atoms with Gasteiger partial charge in [0.25, 0.3) is 0 Å². The van der Waals surface area contributed by atoms with Crippen molar-refractivity contribution in [3.63, 3.8) is 0 Å². The molecule has 1 aromatic heterocycles. The van der Waals surface area contributed by atoms with Gasteiger partial charge in [0, 0.05) is 36.8 Å². The van der Waals surface area contributed by atoms with Crippen LogP contribution in [0, 0.1) is 0 Å². The van der Waals surface area contributed by atoms with Crippen molar-refractivity contribution in [3.05, 3.63) is 17.6 Å². The molecular formula is C12H17N3O. The minimum atomic E-state index is 0.440. The monoisotopic (exact) mass is 219 g/mol. The van der Waals surface area contributed by atoms with E-state index < -0.39 is 0 Å². The van der Waals surface area contributed by atoms with Gasteiger partial charge in [0.1, 0.15) is 11.6 Å². The number of hydrogen-bond donors (Lipinski definition) is 1. The summed E-state index contributed by atoms with van der Waals surface area (Å²) in [6, 6.07) is 1.93. The van der Waals surface area contributed by atoms with Crippen molar-refractivity contribution >= 4 is 5.82 Å². The van der Waals surface area contributed by atoms with Gasteiger partial charge in [-0.3, -0.25) is 0 Å². The molecule has 2 heterocycles. The second kappa shape index (κ2) is 4.01. The maximum absolute atomic E-state index is 5.85. The van der Waals surface area contributed by atoms with Crippen LogP contribution in [0.25, 0.3) is 0 Å². The molecule has 0 atom stereocenters. The van der Waals surface area contributed by atoms with Crippen molar-refractivity contribution in [2.24, 2.45) is 0 Å². The molecule has 2 N–H and O–H groups in total. The van der Waals surface area contributed by atoms with E-state index in [1.807, 2.05) is 6.07 Å². The summed E-state index contributed by atoms with van der Waals surface area (Å²) < 4.78 is 5.35. The minimum Gasteiger partial charge on any atom is -0.384 e. The van der Waals surface area contributed by atoms with Crippen molar-refractivity contribution < 1.29 is 4.74 Å². The van der Waals surface area contributed by atoms with E-state index in [-0.39, 0.29) is 0 Å². The predicted octanol–water partition coefficient (Wildman–Crippen LogP) is 1.83.